The molecule has 0 amide bonds. The third-order valence-electron chi connectivity index (χ3n) is 2.52. The van der Waals surface area contributed by atoms with Crippen LogP contribution in [-0.4, -0.2) is 15.3 Å². The molecule has 2 rings (SSSR count). The van der Waals surface area contributed by atoms with Gasteiger partial charge in [0.05, 0.1) is 17.6 Å². The Hall–Kier alpha value is -0.990. The van der Waals surface area contributed by atoms with E-state index in [2.05, 4.69) is 24.3 Å². The summed E-state index contributed by atoms with van der Waals surface area (Å²) in [4.78, 5) is 0. The van der Waals surface area contributed by atoms with E-state index >= 15 is 0 Å². The zero-order valence-corrected chi connectivity index (χ0v) is 7.89. The monoisotopic (exact) mass is 165 g/mol. The predicted molar refractivity (Wildman–Crippen MR) is 49.2 cm³/mol. The molecule has 0 aromatic carbocycles. The minimum Gasteiger partial charge on any atom is -0.377 e. The summed E-state index contributed by atoms with van der Waals surface area (Å²) >= 11 is 0. The quantitative estimate of drug-likeness (QED) is 0.632. The summed E-state index contributed by atoms with van der Waals surface area (Å²) in [6.07, 6.45) is 4.22. The Morgan fingerprint density at radius 1 is 1.58 bits per heavy atom. The Morgan fingerprint density at radius 3 is 3.08 bits per heavy atom. The largest absolute Gasteiger partial charge is 0.377 e. The van der Waals surface area contributed by atoms with Gasteiger partial charge < -0.3 is 5.32 Å². The normalized spacial score (nSPS) is 19.9. The molecule has 0 saturated carbocycles. The van der Waals surface area contributed by atoms with Crippen molar-refractivity contribution >= 4 is 5.69 Å². The summed E-state index contributed by atoms with van der Waals surface area (Å²) in [7, 11) is 2.00. The van der Waals surface area contributed by atoms with E-state index < -0.39 is 0 Å². The zero-order chi connectivity index (χ0) is 8.77. The van der Waals surface area contributed by atoms with Crippen molar-refractivity contribution < 1.29 is 0 Å². The lowest BCUT2D eigenvalue weighted by Crippen LogP contribution is -2.35. The lowest BCUT2D eigenvalue weighted by atomic mass is 9.93. The summed E-state index contributed by atoms with van der Waals surface area (Å²) in [5.74, 6) is 0. The van der Waals surface area contributed by atoms with Crippen LogP contribution in [0.15, 0.2) is 6.20 Å². The van der Waals surface area contributed by atoms with Gasteiger partial charge in [0.25, 0.3) is 0 Å². The molecule has 1 aliphatic rings. The van der Waals surface area contributed by atoms with E-state index in [0.717, 1.165) is 6.42 Å². The van der Waals surface area contributed by atoms with E-state index in [4.69, 9.17) is 0 Å². The van der Waals surface area contributed by atoms with Crippen LogP contribution in [0, 0.1) is 0 Å². The van der Waals surface area contributed by atoms with Crippen LogP contribution in [0.2, 0.25) is 0 Å². The minimum absolute atomic E-state index is 0.232. The second-order valence-corrected chi connectivity index (χ2v) is 4.14. The number of nitrogens with one attached hydrogen (secondary N) is 1. The first kappa shape index (κ1) is 7.65. The molecule has 0 spiro atoms. The lowest BCUT2D eigenvalue weighted by Gasteiger charge is -2.31. The van der Waals surface area contributed by atoms with Crippen LogP contribution < -0.4 is 5.32 Å². The van der Waals surface area contributed by atoms with E-state index in [1.807, 2.05) is 17.9 Å². The molecule has 0 fully saturated rings. The molecule has 0 bridgehead atoms. The Kier molecular flexibility index (Phi) is 1.43. The fourth-order valence-electron chi connectivity index (χ4n) is 1.72. The SMILES string of the molecule is Cn1ncc2c1CCC(C)(C)N2. The van der Waals surface area contributed by atoms with Crippen LogP contribution in [-0.2, 0) is 13.5 Å². The van der Waals surface area contributed by atoms with Crippen LogP contribution in [0.1, 0.15) is 26.0 Å². The molecule has 0 aliphatic carbocycles. The van der Waals surface area contributed by atoms with Crippen molar-refractivity contribution in [2.24, 2.45) is 7.05 Å². The van der Waals surface area contributed by atoms with Crippen LogP contribution in [0.5, 0.6) is 0 Å². The number of aryl methyl sites for hydroxylation is 1. The van der Waals surface area contributed by atoms with Gasteiger partial charge in [0, 0.05) is 12.6 Å². The highest BCUT2D eigenvalue weighted by molar-refractivity contribution is 5.50. The number of hydrogen-bond donors (Lipinski definition) is 1. The van der Waals surface area contributed by atoms with Gasteiger partial charge in [0.15, 0.2) is 0 Å². The molecule has 12 heavy (non-hydrogen) atoms. The van der Waals surface area contributed by atoms with E-state index in [1.165, 1.54) is 17.8 Å². The number of rotatable bonds is 0. The lowest BCUT2D eigenvalue weighted by molar-refractivity contribution is 0.489. The summed E-state index contributed by atoms with van der Waals surface area (Å²) in [6, 6.07) is 0. The second-order valence-electron chi connectivity index (χ2n) is 4.14. The van der Waals surface area contributed by atoms with Gasteiger partial charge in [-0.3, -0.25) is 4.68 Å². The first-order valence-electron chi connectivity index (χ1n) is 4.37. The fraction of sp³-hybridized carbons (Fsp3) is 0.667. The van der Waals surface area contributed by atoms with Gasteiger partial charge in [0.1, 0.15) is 0 Å². The molecule has 66 valence electrons. The average Bonchev–Trinajstić information content (AvgIpc) is 2.30. The van der Waals surface area contributed by atoms with Gasteiger partial charge in [-0.2, -0.15) is 5.10 Å². The van der Waals surface area contributed by atoms with Gasteiger partial charge in [-0.1, -0.05) is 0 Å². The molecule has 0 unspecified atom stereocenters. The zero-order valence-electron chi connectivity index (χ0n) is 7.89. The third kappa shape index (κ3) is 1.09. The van der Waals surface area contributed by atoms with E-state index in [0.29, 0.717) is 0 Å². The molecule has 0 saturated heterocycles. The van der Waals surface area contributed by atoms with Crippen LogP contribution >= 0.6 is 0 Å². The van der Waals surface area contributed by atoms with Crippen molar-refractivity contribution in [2.45, 2.75) is 32.2 Å². The molecule has 1 aromatic rings. The molecule has 1 aliphatic heterocycles. The maximum absolute atomic E-state index is 4.22. The van der Waals surface area contributed by atoms with Gasteiger partial charge >= 0.3 is 0 Å². The Balaban J connectivity index is 2.37. The average molecular weight is 165 g/mol. The van der Waals surface area contributed by atoms with Crippen molar-refractivity contribution in [2.75, 3.05) is 5.32 Å². The highest BCUT2D eigenvalue weighted by atomic mass is 15.3. The molecular formula is C9H15N3. The summed E-state index contributed by atoms with van der Waals surface area (Å²) in [5, 5.41) is 7.69. The number of anilines is 1. The molecule has 0 atom stereocenters. The van der Waals surface area contributed by atoms with E-state index in [1.54, 1.807) is 0 Å². The summed E-state index contributed by atoms with van der Waals surface area (Å²) < 4.78 is 1.96. The number of hydrogen-bond acceptors (Lipinski definition) is 2. The van der Waals surface area contributed by atoms with Gasteiger partial charge in [-0.15, -0.1) is 0 Å². The molecule has 3 heteroatoms. The van der Waals surface area contributed by atoms with Gasteiger partial charge in [0.2, 0.25) is 0 Å². The number of nitrogens with zero attached hydrogens (tertiary/aromatic N) is 2. The van der Waals surface area contributed by atoms with Crippen molar-refractivity contribution in [3.63, 3.8) is 0 Å². The highest BCUT2D eigenvalue weighted by Crippen LogP contribution is 2.29. The van der Waals surface area contributed by atoms with Crippen LogP contribution in [0.4, 0.5) is 5.69 Å². The van der Waals surface area contributed by atoms with Crippen molar-refractivity contribution in [3.05, 3.63) is 11.9 Å². The molecular weight excluding hydrogens is 150 g/mol. The third-order valence-corrected chi connectivity index (χ3v) is 2.52. The Morgan fingerprint density at radius 2 is 2.33 bits per heavy atom. The van der Waals surface area contributed by atoms with Crippen LogP contribution in [0.25, 0.3) is 0 Å². The number of fused-ring (bicyclic) bond motifs is 1. The van der Waals surface area contributed by atoms with Crippen molar-refractivity contribution in [3.8, 4) is 0 Å². The topological polar surface area (TPSA) is 29.9 Å². The van der Waals surface area contributed by atoms with Gasteiger partial charge in [-0.25, -0.2) is 0 Å². The first-order valence-corrected chi connectivity index (χ1v) is 4.37. The Bertz CT molecular complexity index is 299. The predicted octanol–water partition coefficient (Wildman–Crippen LogP) is 1.56. The second kappa shape index (κ2) is 2.25. The van der Waals surface area contributed by atoms with Crippen molar-refractivity contribution in [1.29, 1.82) is 0 Å². The molecule has 3 nitrogen and oxygen atoms in total. The standard InChI is InChI=1S/C9H15N3/c1-9(2)5-4-8-7(11-9)6-10-12(8)3/h6,11H,4-5H2,1-3H3. The van der Waals surface area contributed by atoms with Crippen LogP contribution in [0.3, 0.4) is 0 Å². The summed E-state index contributed by atoms with van der Waals surface area (Å²) in [6.45, 7) is 4.45. The molecule has 0 radical (unpaired) electrons. The molecule has 1 N–H and O–H groups in total. The summed E-state index contributed by atoms with van der Waals surface area (Å²) in [5.41, 5.74) is 2.76. The minimum atomic E-state index is 0.232. The Labute approximate surface area is 72.8 Å². The molecule has 2 heterocycles. The maximum atomic E-state index is 4.22. The van der Waals surface area contributed by atoms with Gasteiger partial charge in [-0.05, 0) is 26.7 Å². The fourth-order valence-corrected chi connectivity index (χ4v) is 1.72. The maximum Gasteiger partial charge on any atom is 0.0763 e. The van der Waals surface area contributed by atoms with E-state index in [-0.39, 0.29) is 5.54 Å². The van der Waals surface area contributed by atoms with E-state index in [9.17, 15) is 0 Å². The number of aromatic nitrogens is 2. The molecule has 1 aromatic heterocycles. The van der Waals surface area contributed by atoms with Crippen molar-refractivity contribution in [1.82, 2.24) is 9.78 Å². The highest BCUT2D eigenvalue weighted by Gasteiger charge is 2.25. The smallest absolute Gasteiger partial charge is 0.0763 e. The first-order chi connectivity index (χ1) is 5.58.